The fourth-order valence-electron chi connectivity index (χ4n) is 2.35. The minimum absolute atomic E-state index is 0.0107. The average molecular weight is 376 g/mol. The number of amides is 1. The van der Waals surface area contributed by atoms with Crippen molar-refractivity contribution in [2.45, 2.75) is 10.9 Å². The minimum Gasteiger partial charge on any atom is -0.507 e. The van der Waals surface area contributed by atoms with E-state index in [1.807, 2.05) is 0 Å². The van der Waals surface area contributed by atoms with Crippen LogP contribution in [0.5, 0.6) is 5.75 Å². The van der Waals surface area contributed by atoms with Crippen molar-refractivity contribution < 1.29 is 27.7 Å². The lowest BCUT2D eigenvalue weighted by Gasteiger charge is -2.14. The summed E-state index contributed by atoms with van der Waals surface area (Å²) in [5.74, 6) is -1.33. The van der Waals surface area contributed by atoms with Gasteiger partial charge in [-0.05, 0) is 40.1 Å². The number of nitrogens with one attached hydrogen (secondary N) is 1. The number of sulfonamides is 1. The standard InChI is InChI=1S/C15H12N4O6S/c16-15(22)9-5-4-8(6-12(9)21)11(7-20)19-26(23,24)13-3-1-2-10-14(13)18-25-17-10/h1-7,11,19,21H,(H2,16,22). The zero-order valence-corrected chi connectivity index (χ0v) is 13.8. The molecular formula is C15H12N4O6S. The molecule has 11 heteroatoms. The second-order valence-corrected chi connectivity index (χ2v) is 6.95. The van der Waals surface area contributed by atoms with Crippen LogP contribution >= 0.6 is 0 Å². The van der Waals surface area contributed by atoms with Gasteiger partial charge >= 0.3 is 0 Å². The Balaban J connectivity index is 1.97. The van der Waals surface area contributed by atoms with Crippen LogP contribution in [0.1, 0.15) is 22.0 Å². The molecule has 0 radical (unpaired) electrons. The maximum atomic E-state index is 12.6. The number of aromatic nitrogens is 2. The van der Waals surface area contributed by atoms with E-state index in [1.54, 1.807) is 0 Å². The number of carbonyl (C=O) groups excluding carboxylic acids is 2. The van der Waals surface area contributed by atoms with E-state index in [0.29, 0.717) is 6.29 Å². The van der Waals surface area contributed by atoms with Crippen LogP contribution in [-0.2, 0) is 14.8 Å². The van der Waals surface area contributed by atoms with Gasteiger partial charge in [0.25, 0.3) is 5.91 Å². The summed E-state index contributed by atoms with van der Waals surface area (Å²) in [5.41, 5.74) is 5.31. The van der Waals surface area contributed by atoms with Crippen LogP contribution in [0, 0.1) is 0 Å². The predicted molar refractivity (Wildman–Crippen MR) is 87.6 cm³/mol. The molecule has 0 spiro atoms. The van der Waals surface area contributed by atoms with Crippen LogP contribution < -0.4 is 10.5 Å². The highest BCUT2D eigenvalue weighted by atomic mass is 32.2. The number of hydrogen-bond donors (Lipinski definition) is 3. The first-order valence-electron chi connectivity index (χ1n) is 7.15. The summed E-state index contributed by atoms with van der Waals surface area (Å²) in [4.78, 5) is 22.3. The van der Waals surface area contributed by atoms with Crippen molar-refractivity contribution in [1.29, 1.82) is 0 Å². The summed E-state index contributed by atoms with van der Waals surface area (Å²) in [6.07, 6.45) is 0.345. The lowest BCUT2D eigenvalue weighted by Crippen LogP contribution is -2.30. The first kappa shape index (κ1) is 17.5. The number of primary amides is 1. The number of aldehydes is 1. The third kappa shape index (κ3) is 3.12. The van der Waals surface area contributed by atoms with Gasteiger partial charge in [-0.3, -0.25) is 4.79 Å². The second kappa shape index (κ2) is 6.54. The highest BCUT2D eigenvalue weighted by Crippen LogP contribution is 2.25. The number of rotatable bonds is 6. The first-order chi connectivity index (χ1) is 12.3. The number of hydrogen-bond acceptors (Lipinski definition) is 8. The Bertz CT molecular complexity index is 1110. The molecule has 1 atom stereocenters. The third-order valence-electron chi connectivity index (χ3n) is 3.60. The summed E-state index contributed by atoms with van der Waals surface area (Å²) in [6.45, 7) is 0. The lowest BCUT2D eigenvalue weighted by molar-refractivity contribution is -0.109. The van der Waals surface area contributed by atoms with Crippen molar-refractivity contribution in [3.8, 4) is 5.75 Å². The van der Waals surface area contributed by atoms with Gasteiger partial charge in [-0.15, -0.1) is 0 Å². The molecular weight excluding hydrogens is 364 g/mol. The highest BCUT2D eigenvalue weighted by molar-refractivity contribution is 7.89. The Morgan fingerprint density at radius 2 is 2.04 bits per heavy atom. The molecule has 2 aromatic carbocycles. The number of fused-ring (bicyclic) bond motifs is 1. The molecule has 4 N–H and O–H groups in total. The second-order valence-electron chi connectivity index (χ2n) is 5.26. The van der Waals surface area contributed by atoms with Crippen molar-refractivity contribution in [2.24, 2.45) is 5.73 Å². The van der Waals surface area contributed by atoms with Gasteiger partial charge in [0.2, 0.25) is 10.0 Å². The number of benzene rings is 2. The number of phenols is 1. The molecule has 3 aromatic rings. The SMILES string of the molecule is NC(=O)c1ccc(C(C=O)NS(=O)(=O)c2cccc3nonc23)cc1O. The van der Waals surface area contributed by atoms with Crippen LogP contribution in [0.2, 0.25) is 0 Å². The Kier molecular flexibility index (Phi) is 4.40. The smallest absolute Gasteiger partial charge is 0.252 e. The number of nitrogens with zero attached hydrogens (tertiary/aromatic N) is 2. The Morgan fingerprint density at radius 1 is 1.27 bits per heavy atom. The molecule has 10 nitrogen and oxygen atoms in total. The maximum absolute atomic E-state index is 12.6. The average Bonchev–Trinajstić information content (AvgIpc) is 3.07. The molecule has 0 aliphatic heterocycles. The van der Waals surface area contributed by atoms with Gasteiger partial charge in [0.1, 0.15) is 28.5 Å². The highest BCUT2D eigenvalue weighted by Gasteiger charge is 2.25. The summed E-state index contributed by atoms with van der Waals surface area (Å²) >= 11 is 0. The molecule has 134 valence electrons. The molecule has 1 heterocycles. The van der Waals surface area contributed by atoms with Gasteiger partial charge in [0.05, 0.1) is 5.56 Å². The van der Waals surface area contributed by atoms with E-state index in [2.05, 4.69) is 19.7 Å². The molecule has 0 fully saturated rings. The van der Waals surface area contributed by atoms with E-state index in [4.69, 9.17) is 5.73 Å². The lowest BCUT2D eigenvalue weighted by atomic mass is 10.1. The summed E-state index contributed by atoms with van der Waals surface area (Å²) in [7, 11) is -4.17. The fourth-order valence-corrected chi connectivity index (χ4v) is 3.66. The molecule has 0 bridgehead atoms. The van der Waals surface area contributed by atoms with Gasteiger partial charge in [-0.25, -0.2) is 13.0 Å². The van der Waals surface area contributed by atoms with E-state index in [1.165, 1.54) is 30.3 Å². The van der Waals surface area contributed by atoms with Crippen molar-refractivity contribution in [3.05, 3.63) is 47.5 Å². The normalized spacial score (nSPS) is 12.8. The van der Waals surface area contributed by atoms with E-state index >= 15 is 0 Å². The van der Waals surface area contributed by atoms with E-state index in [9.17, 15) is 23.1 Å². The largest absolute Gasteiger partial charge is 0.507 e. The van der Waals surface area contributed by atoms with Crippen LogP contribution in [0.4, 0.5) is 0 Å². The van der Waals surface area contributed by atoms with Crippen LogP contribution in [0.25, 0.3) is 11.0 Å². The quantitative estimate of drug-likeness (QED) is 0.515. The summed E-state index contributed by atoms with van der Waals surface area (Å²) in [5, 5.41) is 16.9. The number of nitrogens with two attached hydrogens (primary N) is 1. The van der Waals surface area contributed by atoms with E-state index < -0.39 is 27.7 Å². The zero-order valence-electron chi connectivity index (χ0n) is 13.0. The van der Waals surface area contributed by atoms with Gasteiger partial charge < -0.3 is 15.6 Å². The van der Waals surface area contributed by atoms with Crippen LogP contribution in [-0.4, -0.2) is 36.0 Å². The third-order valence-corrected chi connectivity index (χ3v) is 5.08. The molecule has 26 heavy (non-hydrogen) atoms. The monoisotopic (exact) mass is 376 g/mol. The van der Waals surface area contributed by atoms with Gasteiger partial charge in [0.15, 0.2) is 5.52 Å². The van der Waals surface area contributed by atoms with Crippen LogP contribution in [0.15, 0.2) is 45.9 Å². The Morgan fingerprint density at radius 3 is 2.69 bits per heavy atom. The molecule has 0 saturated heterocycles. The van der Waals surface area contributed by atoms with Crippen molar-refractivity contribution in [2.75, 3.05) is 0 Å². The molecule has 1 unspecified atom stereocenters. The Labute approximate surface area is 146 Å². The van der Waals surface area contributed by atoms with Crippen molar-refractivity contribution >= 4 is 33.3 Å². The van der Waals surface area contributed by atoms with Gasteiger partial charge in [0, 0.05) is 0 Å². The fraction of sp³-hybridized carbons (Fsp3) is 0.0667. The topological polar surface area (TPSA) is 165 Å². The van der Waals surface area contributed by atoms with E-state index in [-0.39, 0.29) is 27.1 Å². The molecule has 0 aliphatic carbocycles. The number of carbonyl (C=O) groups is 2. The molecule has 3 rings (SSSR count). The van der Waals surface area contributed by atoms with Gasteiger partial charge in [-0.1, -0.05) is 12.1 Å². The molecule has 0 aliphatic rings. The van der Waals surface area contributed by atoms with Crippen LogP contribution in [0.3, 0.4) is 0 Å². The number of aromatic hydroxyl groups is 1. The summed E-state index contributed by atoms with van der Waals surface area (Å²) in [6, 6.07) is 6.51. The zero-order chi connectivity index (χ0) is 18.9. The van der Waals surface area contributed by atoms with Crippen molar-refractivity contribution in [3.63, 3.8) is 0 Å². The molecule has 1 aromatic heterocycles. The van der Waals surface area contributed by atoms with Gasteiger partial charge in [-0.2, -0.15) is 4.72 Å². The van der Waals surface area contributed by atoms with E-state index in [0.717, 1.165) is 6.07 Å². The minimum atomic E-state index is -4.17. The maximum Gasteiger partial charge on any atom is 0.252 e. The summed E-state index contributed by atoms with van der Waals surface area (Å²) < 4.78 is 32.0. The Hall–Kier alpha value is -3.31. The predicted octanol–water partition coefficient (Wildman–Crippen LogP) is 0.246. The first-order valence-corrected chi connectivity index (χ1v) is 8.63. The van der Waals surface area contributed by atoms with Crippen molar-refractivity contribution in [1.82, 2.24) is 15.0 Å². The molecule has 1 amide bonds. The molecule has 0 saturated carbocycles.